The average Bonchev–Trinajstić information content (AvgIpc) is 1.83. The molecular weight excluding hydrogens is 132 g/mol. The smallest absolute Gasteiger partial charge is 0.224 e. The van der Waals surface area contributed by atoms with Crippen molar-refractivity contribution in [2.24, 2.45) is 31.4 Å². The molecule has 0 radical (unpaired) electrons. The Morgan fingerprint density at radius 3 is 2.70 bits per heavy atom. The van der Waals surface area contributed by atoms with Crippen LogP contribution in [0.3, 0.4) is 0 Å². The standard InChI is InChI=1S/C4H6N6/c5-3-8-1-7-2-9-4(6)10-3/h1-2H,(H4,5,6,7,8,9,10). The molecule has 0 bridgehead atoms. The summed E-state index contributed by atoms with van der Waals surface area (Å²) in [4.78, 5) is 14.3. The van der Waals surface area contributed by atoms with Gasteiger partial charge in [-0.1, -0.05) is 0 Å². The molecule has 6 nitrogen and oxygen atoms in total. The first-order chi connectivity index (χ1) is 4.79. The van der Waals surface area contributed by atoms with Crippen molar-refractivity contribution in [1.82, 2.24) is 0 Å². The zero-order valence-electron chi connectivity index (χ0n) is 5.10. The summed E-state index contributed by atoms with van der Waals surface area (Å²) >= 11 is 0. The Balaban J connectivity index is 2.89. The van der Waals surface area contributed by atoms with Crippen LogP contribution in [0.15, 0.2) is 20.0 Å². The van der Waals surface area contributed by atoms with Crippen LogP contribution in [0.4, 0.5) is 0 Å². The largest absolute Gasteiger partial charge is 0.368 e. The van der Waals surface area contributed by atoms with E-state index in [2.05, 4.69) is 20.0 Å². The maximum atomic E-state index is 5.21. The highest BCUT2D eigenvalue weighted by Crippen LogP contribution is 1.78. The average molecular weight is 138 g/mol. The first kappa shape index (κ1) is 6.40. The third-order valence-corrected chi connectivity index (χ3v) is 0.742. The zero-order valence-corrected chi connectivity index (χ0v) is 5.10. The van der Waals surface area contributed by atoms with E-state index in [0.29, 0.717) is 0 Å². The molecule has 0 saturated carbocycles. The molecule has 1 rings (SSSR count). The molecule has 1 heterocycles. The van der Waals surface area contributed by atoms with Crippen LogP contribution < -0.4 is 11.5 Å². The Kier molecular flexibility index (Phi) is 1.74. The highest BCUT2D eigenvalue weighted by atomic mass is 15.2. The van der Waals surface area contributed by atoms with E-state index in [1.54, 1.807) is 0 Å². The summed E-state index contributed by atoms with van der Waals surface area (Å²) < 4.78 is 0. The monoisotopic (exact) mass is 138 g/mol. The van der Waals surface area contributed by atoms with Crippen LogP contribution in [0.1, 0.15) is 0 Å². The number of nitrogens with zero attached hydrogens (tertiary/aromatic N) is 4. The molecule has 4 N–H and O–H groups in total. The van der Waals surface area contributed by atoms with E-state index in [0.717, 1.165) is 0 Å². The molecule has 0 aromatic rings. The minimum atomic E-state index is 0.0538. The predicted molar refractivity (Wildman–Crippen MR) is 40.2 cm³/mol. The molecule has 1 aliphatic rings. The van der Waals surface area contributed by atoms with Crippen molar-refractivity contribution in [3.63, 3.8) is 0 Å². The summed E-state index contributed by atoms with van der Waals surface area (Å²) in [6.45, 7) is 0. The van der Waals surface area contributed by atoms with Crippen molar-refractivity contribution in [3.05, 3.63) is 0 Å². The maximum absolute atomic E-state index is 5.21. The molecule has 10 heavy (non-hydrogen) atoms. The Bertz CT molecular complexity index is 231. The fourth-order valence-electron chi connectivity index (χ4n) is 0.390. The van der Waals surface area contributed by atoms with Gasteiger partial charge in [0.15, 0.2) is 0 Å². The molecule has 0 aromatic carbocycles. The van der Waals surface area contributed by atoms with Crippen molar-refractivity contribution in [3.8, 4) is 0 Å². The lowest BCUT2D eigenvalue weighted by Crippen LogP contribution is -2.17. The minimum Gasteiger partial charge on any atom is -0.368 e. The van der Waals surface area contributed by atoms with Crippen molar-refractivity contribution < 1.29 is 0 Å². The van der Waals surface area contributed by atoms with Crippen LogP contribution in [0.2, 0.25) is 0 Å². The van der Waals surface area contributed by atoms with Crippen molar-refractivity contribution in [1.29, 1.82) is 0 Å². The normalized spacial score (nSPS) is 25.6. The van der Waals surface area contributed by atoms with Crippen LogP contribution in [-0.2, 0) is 0 Å². The number of rotatable bonds is 0. The van der Waals surface area contributed by atoms with Crippen molar-refractivity contribution >= 4 is 24.6 Å². The van der Waals surface area contributed by atoms with Gasteiger partial charge in [-0.15, -0.1) is 0 Å². The Labute approximate surface area is 57.1 Å². The van der Waals surface area contributed by atoms with E-state index < -0.39 is 0 Å². The Hall–Kier alpha value is -1.72. The van der Waals surface area contributed by atoms with Gasteiger partial charge in [0, 0.05) is 0 Å². The van der Waals surface area contributed by atoms with Crippen LogP contribution in [0.5, 0.6) is 0 Å². The van der Waals surface area contributed by atoms with E-state index in [1.165, 1.54) is 12.7 Å². The Morgan fingerprint density at radius 2 is 1.90 bits per heavy atom. The minimum absolute atomic E-state index is 0.0538. The summed E-state index contributed by atoms with van der Waals surface area (Å²) in [7, 11) is 0. The molecule has 0 atom stereocenters. The molecule has 0 aromatic heterocycles. The van der Waals surface area contributed by atoms with Crippen LogP contribution >= 0.6 is 0 Å². The Morgan fingerprint density at radius 1 is 1.10 bits per heavy atom. The van der Waals surface area contributed by atoms with Gasteiger partial charge in [0.25, 0.3) is 0 Å². The lowest BCUT2D eigenvalue weighted by Gasteiger charge is -1.92. The highest BCUT2D eigenvalue weighted by molar-refractivity contribution is 6.00. The van der Waals surface area contributed by atoms with Gasteiger partial charge in [-0.2, -0.15) is 4.99 Å². The molecule has 52 valence electrons. The molecule has 0 fully saturated rings. The quantitative estimate of drug-likeness (QED) is 0.434. The first-order valence-corrected chi connectivity index (χ1v) is 2.50. The SMILES string of the molecule is NC1=NC=N/C=N\C(N)=N/1. The first-order valence-electron chi connectivity index (χ1n) is 2.50. The second-order valence-corrected chi connectivity index (χ2v) is 1.47. The summed E-state index contributed by atoms with van der Waals surface area (Å²) in [6, 6.07) is 0. The number of hydrogen-bond donors (Lipinski definition) is 2. The second kappa shape index (κ2) is 2.72. The molecular formula is C4H6N6. The van der Waals surface area contributed by atoms with Gasteiger partial charge in [0.2, 0.25) is 11.9 Å². The van der Waals surface area contributed by atoms with E-state index in [4.69, 9.17) is 11.5 Å². The third kappa shape index (κ3) is 1.66. The third-order valence-electron chi connectivity index (χ3n) is 0.742. The fourth-order valence-corrected chi connectivity index (χ4v) is 0.390. The predicted octanol–water partition coefficient (Wildman–Crippen LogP) is -1.31. The van der Waals surface area contributed by atoms with E-state index in [9.17, 15) is 0 Å². The molecule has 0 aliphatic carbocycles. The molecule has 0 saturated heterocycles. The maximum Gasteiger partial charge on any atom is 0.224 e. The number of nitrogens with two attached hydrogens (primary N) is 2. The number of aliphatic imine (C=N–C) groups is 4. The summed E-state index contributed by atoms with van der Waals surface area (Å²) in [5.41, 5.74) is 10.4. The molecule has 0 spiro atoms. The molecule has 1 aliphatic heterocycles. The van der Waals surface area contributed by atoms with Crippen LogP contribution in [-0.4, -0.2) is 24.6 Å². The van der Waals surface area contributed by atoms with Crippen LogP contribution in [0, 0.1) is 0 Å². The highest BCUT2D eigenvalue weighted by Gasteiger charge is 1.90. The summed E-state index contributed by atoms with van der Waals surface area (Å²) in [6.07, 6.45) is 2.49. The van der Waals surface area contributed by atoms with Gasteiger partial charge in [-0.05, 0) is 0 Å². The topological polar surface area (TPSA) is 101 Å². The molecule has 0 unspecified atom stereocenters. The lowest BCUT2D eigenvalue weighted by atomic mass is 10.9. The van der Waals surface area contributed by atoms with Gasteiger partial charge in [-0.25, -0.2) is 15.0 Å². The van der Waals surface area contributed by atoms with Crippen molar-refractivity contribution in [2.75, 3.05) is 0 Å². The number of guanidine groups is 2. The molecule has 0 amide bonds. The fraction of sp³-hybridized carbons (Fsp3) is 0. The van der Waals surface area contributed by atoms with E-state index in [1.807, 2.05) is 0 Å². The molecule has 6 heteroatoms. The van der Waals surface area contributed by atoms with Gasteiger partial charge < -0.3 is 11.5 Å². The second-order valence-electron chi connectivity index (χ2n) is 1.47. The van der Waals surface area contributed by atoms with Gasteiger partial charge in [0.05, 0.1) is 0 Å². The summed E-state index contributed by atoms with van der Waals surface area (Å²) in [5, 5.41) is 0. The summed E-state index contributed by atoms with van der Waals surface area (Å²) in [5.74, 6) is 0.108. The number of hydrogen-bond acceptors (Lipinski definition) is 6. The zero-order chi connectivity index (χ0) is 7.40. The van der Waals surface area contributed by atoms with E-state index in [-0.39, 0.29) is 11.9 Å². The lowest BCUT2D eigenvalue weighted by molar-refractivity contribution is 1.40. The van der Waals surface area contributed by atoms with Crippen molar-refractivity contribution in [2.45, 2.75) is 0 Å². The van der Waals surface area contributed by atoms with E-state index >= 15 is 0 Å². The van der Waals surface area contributed by atoms with Gasteiger partial charge in [0.1, 0.15) is 12.7 Å². The van der Waals surface area contributed by atoms with Crippen LogP contribution in [0.25, 0.3) is 0 Å². The van der Waals surface area contributed by atoms with Gasteiger partial charge in [-0.3, -0.25) is 0 Å². The van der Waals surface area contributed by atoms with Gasteiger partial charge >= 0.3 is 0 Å².